The number of benzene rings is 11. The summed E-state index contributed by atoms with van der Waals surface area (Å²) < 4.78 is 13.6. The Morgan fingerprint density at radius 1 is 0.278 bits per heavy atom. The molecule has 0 unspecified atom stereocenters. The third-order valence-electron chi connectivity index (χ3n) is 16.1. The number of nitrogens with zero attached hydrogens (tertiary/aromatic N) is 2. The molecule has 0 fully saturated rings. The van der Waals surface area contributed by atoms with Crippen LogP contribution in [0.15, 0.2) is 227 Å². The van der Waals surface area contributed by atoms with Crippen LogP contribution in [0, 0.1) is 0 Å². The molecule has 15 rings (SSSR count). The topological polar surface area (TPSA) is 32.8 Å². The number of hydrogen-bond donors (Lipinski definition) is 0. The molecule has 11 aromatic carbocycles. The molecule has 0 saturated carbocycles. The minimum absolute atomic E-state index is 0.850. The Kier molecular flexibility index (Phi) is 8.64. The van der Waals surface area contributed by atoms with E-state index in [1.165, 1.54) is 43.0 Å². The summed E-state index contributed by atoms with van der Waals surface area (Å²) in [5.41, 5.74) is 15.6. The molecule has 0 saturated heterocycles. The van der Waals surface area contributed by atoms with E-state index in [1.807, 2.05) is 0 Å². The average molecular weight is 957 g/mol. The van der Waals surface area contributed by atoms with Gasteiger partial charge >= 0.3 is 0 Å². The van der Waals surface area contributed by atoms with Crippen LogP contribution in [0.5, 0.6) is 0 Å². The van der Waals surface area contributed by atoms with Gasteiger partial charge < -0.3 is 18.6 Å². The second-order valence-corrected chi connectivity index (χ2v) is 29.6. The lowest BCUT2D eigenvalue weighted by Crippen LogP contribution is -2.49. The van der Waals surface area contributed by atoms with Crippen molar-refractivity contribution in [1.82, 2.24) is 0 Å². The first kappa shape index (κ1) is 41.4. The first-order valence-electron chi connectivity index (χ1n) is 25.1. The molecule has 6 heteroatoms. The summed E-state index contributed by atoms with van der Waals surface area (Å²) in [5.74, 6) is 0. The minimum atomic E-state index is -1.79. The van der Waals surface area contributed by atoms with E-state index in [4.69, 9.17) is 8.83 Å². The largest absolute Gasteiger partial charge is 0.456 e. The second-order valence-electron chi connectivity index (χ2n) is 20.9. The Hall–Kier alpha value is -8.43. The fourth-order valence-corrected chi connectivity index (χ4v) is 18.8. The molecule has 0 spiro atoms. The number of rotatable bonds is 6. The van der Waals surface area contributed by atoms with Crippen LogP contribution in [0.25, 0.3) is 87.7 Å². The first-order valence-corrected chi connectivity index (χ1v) is 31.1. The zero-order valence-corrected chi connectivity index (χ0v) is 42.5. The molecule has 0 aliphatic carbocycles. The lowest BCUT2D eigenvalue weighted by Gasteiger charge is -2.27. The quantitative estimate of drug-likeness (QED) is 0.156. The predicted molar refractivity (Wildman–Crippen MR) is 310 cm³/mol. The molecular weight excluding hydrogens is 909 g/mol. The number of anilines is 6. The van der Waals surface area contributed by atoms with Gasteiger partial charge in [0.1, 0.15) is 38.5 Å². The smallest absolute Gasteiger partial charge is 0.136 e. The standard InChI is InChI=1S/C66H48N2O2Si2/c1-71(2)61-21-13-11-19-51(61)53-39-49(27-31-63(53)71)67(45-15-7-5-8-16-45)47-25-23-41-35-55-59(37-43(41)33-47)69-57-29-30-58-66(65(55)57)56-36-42-24-26-48(34-44(42)38-60(56)70-58)68(46-17-9-6-10-18-46)50-28-32-64-54(40-50)52-20-12-14-22-62(52)72(64,3)4/h5-40H,1-4H3. The van der Waals surface area contributed by atoms with Gasteiger partial charge in [-0.25, -0.2) is 0 Å². The SMILES string of the molecule is C[Si]1(C)c2ccccc2-c2cc(N(c3ccccc3)c3ccc4cc5c(cc4c3)oc3ccc4oc6cc7cc(N(c8ccccc8)c8ccc9c(c8)-c8ccccc8[Si]9(C)C)ccc7cc6c4c35)ccc21. The van der Waals surface area contributed by atoms with Crippen molar-refractivity contribution in [3.63, 3.8) is 0 Å². The molecule has 0 amide bonds. The highest BCUT2D eigenvalue weighted by atomic mass is 28.3. The third-order valence-corrected chi connectivity index (χ3v) is 23.3. The first-order chi connectivity index (χ1) is 35.2. The Morgan fingerprint density at radius 3 is 1.10 bits per heavy atom. The number of para-hydroxylation sites is 2. The summed E-state index contributed by atoms with van der Waals surface area (Å²) >= 11 is 0. The lowest BCUT2D eigenvalue weighted by molar-refractivity contribution is 0.663. The summed E-state index contributed by atoms with van der Waals surface area (Å²) in [5, 5.41) is 14.9. The van der Waals surface area contributed by atoms with E-state index in [9.17, 15) is 0 Å². The van der Waals surface area contributed by atoms with Crippen molar-refractivity contribution >= 4 is 136 Å². The molecule has 4 heterocycles. The van der Waals surface area contributed by atoms with Gasteiger partial charge in [-0.1, -0.05) is 135 Å². The van der Waals surface area contributed by atoms with E-state index < -0.39 is 16.1 Å². The summed E-state index contributed by atoms with van der Waals surface area (Å²) in [6, 6.07) is 80.6. The van der Waals surface area contributed by atoms with Crippen molar-refractivity contribution in [3.8, 4) is 22.3 Å². The number of hydrogen-bond acceptors (Lipinski definition) is 4. The van der Waals surface area contributed by atoms with Gasteiger partial charge in [0.25, 0.3) is 0 Å². The molecule has 4 nitrogen and oxygen atoms in total. The fraction of sp³-hybridized carbons (Fsp3) is 0.0606. The molecule has 0 radical (unpaired) electrons. The normalized spacial score (nSPS) is 14.1. The van der Waals surface area contributed by atoms with E-state index in [-0.39, 0.29) is 0 Å². The highest BCUT2D eigenvalue weighted by molar-refractivity contribution is 7.04. The highest BCUT2D eigenvalue weighted by Crippen LogP contribution is 2.46. The van der Waals surface area contributed by atoms with Gasteiger partial charge in [-0.3, -0.25) is 0 Å². The van der Waals surface area contributed by atoms with Crippen molar-refractivity contribution in [1.29, 1.82) is 0 Å². The molecule has 2 aliphatic heterocycles. The minimum Gasteiger partial charge on any atom is -0.456 e. The summed E-state index contributed by atoms with van der Waals surface area (Å²) in [7, 11) is -3.58. The molecule has 342 valence electrons. The van der Waals surface area contributed by atoms with Gasteiger partial charge in [-0.15, -0.1) is 0 Å². The van der Waals surface area contributed by atoms with Crippen LogP contribution in [0.1, 0.15) is 0 Å². The lowest BCUT2D eigenvalue weighted by atomic mass is 10.00. The van der Waals surface area contributed by atoms with Crippen LogP contribution in [-0.4, -0.2) is 16.1 Å². The van der Waals surface area contributed by atoms with E-state index in [0.29, 0.717) is 0 Å². The van der Waals surface area contributed by atoms with Gasteiger partial charge in [0, 0.05) is 55.7 Å². The Bertz CT molecular complexity index is 4130. The Balaban J connectivity index is 0.836. The van der Waals surface area contributed by atoms with Crippen LogP contribution < -0.4 is 30.5 Å². The van der Waals surface area contributed by atoms with E-state index in [1.54, 1.807) is 0 Å². The zero-order valence-electron chi connectivity index (χ0n) is 40.5. The maximum absolute atomic E-state index is 6.78. The number of fused-ring (bicyclic) bond motifs is 15. The fourth-order valence-electron chi connectivity index (χ4n) is 12.6. The van der Waals surface area contributed by atoms with Crippen LogP contribution in [0.3, 0.4) is 0 Å². The predicted octanol–water partition coefficient (Wildman–Crippen LogP) is 16.3. The summed E-state index contributed by atoms with van der Waals surface area (Å²) in [6.45, 7) is 9.90. The Labute approximate surface area is 419 Å². The third kappa shape index (κ3) is 5.97. The van der Waals surface area contributed by atoms with Gasteiger partial charge in [0.15, 0.2) is 0 Å². The van der Waals surface area contributed by atoms with E-state index in [2.05, 4.69) is 254 Å². The highest BCUT2D eigenvalue weighted by Gasteiger charge is 2.39. The second kappa shape index (κ2) is 15.0. The van der Waals surface area contributed by atoms with Crippen LogP contribution in [0.4, 0.5) is 34.1 Å². The van der Waals surface area contributed by atoms with Crippen molar-refractivity contribution in [2.24, 2.45) is 0 Å². The van der Waals surface area contributed by atoms with Gasteiger partial charge in [0.2, 0.25) is 0 Å². The van der Waals surface area contributed by atoms with Crippen LogP contribution >= 0.6 is 0 Å². The van der Waals surface area contributed by atoms with Crippen molar-refractivity contribution in [3.05, 3.63) is 218 Å². The van der Waals surface area contributed by atoms with Gasteiger partial charge in [0.05, 0.1) is 0 Å². The molecule has 72 heavy (non-hydrogen) atoms. The van der Waals surface area contributed by atoms with Crippen molar-refractivity contribution < 1.29 is 8.83 Å². The zero-order chi connectivity index (χ0) is 48.0. The van der Waals surface area contributed by atoms with Gasteiger partial charge in [-0.2, -0.15) is 0 Å². The van der Waals surface area contributed by atoms with Crippen molar-refractivity contribution in [2.75, 3.05) is 9.80 Å². The molecule has 13 aromatic rings. The maximum atomic E-state index is 6.78. The molecule has 0 bridgehead atoms. The van der Waals surface area contributed by atoms with Gasteiger partial charge in [-0.05, 0) is 174 Å². The molecule has 2 aliphatic rings. The van der Waals surface area contributed by atoms with Crippen LogP contribution in [0.2, 0.25) is 26.2 Å². The Morgan fingerprint density at radius 2 is 0.653 bits per heavy atom. The van der Waals surface area contributed by atoms with E-state index >= 15 is 0 Å². The number of furan rings is 2. The average Bonchev–Trinajstić information content (AvgIpc) is 4.09. The molecule has 0 atom stereocenters. The molecule has 0 N–H and O–H groups in total. The molecular formula is C66H48N2O2Si2. The monoisotopic (exact) mass is 956 g/mol. The molecule has 2 aromatic heterocycles. The van der Waals surface area contributed by atoms with Crippen LogP contribution in [-0.2, 0) is 0 Å². The van der Waals surface area contributed by atoms with Crippen molar-refractivity contribution in [2.45, 2.75) is 26.2 Å². The van der Waals surface area contributed by atoms with E-state index in [0.717, 1.165) is 99.5 Å². The summed E-state index contributed by atoms with van der Waals surface area (Å²) in [6.07, 6.45) is 0. The maximum Gasteiger partial charge on any atom is 0.136 e. The summed E-state index contributed by atoms with van der Waals surface area (Å²) in [4.78, 5) is 4.78.